The summed E-state index contributed by atoms with van der Waals surface area (Å²) in [7, 11) is 0. The summed E-state index contributed by atoms with van der Waals surface area (Å²) < 4.78 is 0. The van der Waals surface area contributed by atoms with Crippen LogP contribution in [0.5, 0.6) is 0 Å². The molecule has 0 spiro atoms. The molecule has 4 saturated heterocycles. The van der Waals surface area contributed by atoms with Crippen LogP contribution in [0.15, 0.2) is 109 Å². The summed E-state index contributed by atoms with van der Waals surface area (Å²) in [6.45, 7) is 14.2. The van der Waals surface area contributed by atoms with Gasteiger partial charge in [-0.2, -0.15) is 0 Å². The van der Waals surface area contributed by atoms with Crippen molar-refractivity contribution in [3.63, 3.8) is 0 Å². The quantitative estimate of drug-likeness (QED) is 0.0836. The van der Waals surface area contributed by atoms with Gasteiger partial charge in [0.1, 0.15) is 18.4 Å². The molecule has 14 rings (SSSR count). The van der Waals surface area contributed by atoms with Crippen LogP contribution < -0.4 is 35.6 Å². The van der Waals surface area contributed by atoms with Crippen molar-refractivity contribution in [2.75, 3.05) is 78.5 Å². The Labute approximate surface area is 485 Å². The molecule has 0 radical (unpaired) electrons. The van der Waals surface area contributed by atoms with E-state index in [0.717, 1.165) is 128 Å². The van der Waals surface area contributed by atoms with Crippen molar-refractivity contribution < 1.29 is 33.6 Å². The predicted octanol–water partition coefficient (Wildman–Crippen LogP) is 8.91. The van der Waals surface area contributed by atoms with Gasteiger partial charge in [-0.15, -0.1) is 12.4 Å². The Bertz CT molecular complexity index is 3470. The van der Waals surface area contributed by atoms with E-state index in [1.807, 2.05) is 49.4 Å². The average molecular weight is 1130 g/mol. The number of benzene rings is 6. The van der Waals surface area contributed by atoms with Gasteiger partial charge in [0.05, 0.1) is 11.4 Å². The maximum atomic E-state index is 13.4. The number of carbonyl (C=O) groups is 7. The topological polar surface area (TPSA) is 172 Å². The molecule has 0 bridgehead atoms. The van der Waals surface area contributed by atoms with Gasteiger partial charge in [-0.1, -0.05) is 87.4 Å². The number of nitrogens with zero attached hydrogens (tertiary/aromatic N) is 5. The Morgan fingerprint density at radius 3 is 1.38 bits per heavy atom. The third kappa shape index (κ3) is 11.1. The van der Waals surface area contributed by atoms with Crippen LogP contribution in [0.1, 0.15) is 121 Å². The number of piperazine rings is 2. The summed E-state index contributed by atoms with van der Waals surface area (Å²) >= 11 is 0. The number of piperidine rings is 2. The first-order valence-corrected chi connectivity index (χ1v) is 29.3. The lowest BCUT2D eigenvalue weighted by atomic mass is 9.70. The number of rotatable bonds is 11. The predicted molar refractivity (Wildman–Crippen MR) is 323 cm³/mol. The van der Waals surface area contributed by atoms with E-state index >= 15 is 0 Å². The molecule has 82 heavy (non-hydrogen) atoms. The third-order valence-electron chi connectivity index (χ3n) is 18.5. The molecule has 2 aliphatic carbocycles. The van der Waals surface area contributed by atoms with Gasteiger partial charge < -0.3 is 19.9 Å². The van der Waals surface area contributed by atoms with Crippen molar-refractivity contribution in [2.24, 2.45) is 10.8 Å². The molecule has 2 atom stereocenters. The van der Waals surface area contributed by atoms with Gasteiger partial charge in [0.15, 0.2) is 0 Å². The minimum Gasteiger partial charge on any atom is -0.369 e. The van der Waals surface area contributed by atoms with Crippen molar-refractivity contribution in [1.29, 1.82) is 0 Å². The highest BCUT2D eigenvalue weighted by Crippen LogP contribution is 2.44. The van der Waals surface area contributed by atoms with Gasteiger partial charge in [-0.25, -0.2) is 0 Å². The first-order valence-electron chi connectivity index (χ1n) is 29.3. The van der Waals surface area contributed by atoms with E-state index in [4.69, 9.17) is 0 Å². The molecular weight excluding hydrogens is 1050 g/mol. The first-order chi connectivity index (χ1) is 39.2. The maximum Gasteiger partial charge on any atom is 0.259 e. The number of anilines is 4. The van der Waals surface area contributed by atoms with E-state index in [1.165, 1.54) is 54.7 Å². The monoisotopic (exact) mass is 1120 g/mol. The Morgan fingerprint density at radius 2 is 0.988 bits per heavy atom. The summed E-state index contributed by atoms with van der Waals surface area (Å²) in [5, 5.41) is 12.0. The van der Waals surface area contributed by atoms with Crippen molar-refractivity contribution in [2.45, 2.75) is 103 Å². The van der Waals surface area contributed by atoms with E-state index in [0.29, 0.717) is 29.4 Å². The van der Waals surface area contributed by atoms with Crippen LogP contribution in [0, 0.1) is 10.8 Å². The third-order valence-corrected chi connectivity index (χ3v) is 18.5. The molecule has 6 heterocycles. The highest BCUT2D eigenvalue weighted by molar-refractivity contribution is 6.28. The largest absolute Gasteiger partial charge is 0.369 e. The molecule has 2 saturated carbocycles. The summed E-state index contributed by atoms with van der Waals surface area (Å²) in [4.78, 5) is 96.0. The van der Waals surface area contributed by atoms with Crippen LogP contribution in [0.3, 0.4) is 0 Å². The molecule has 6 aromatic rings. The van der Waals surface area contributed by atoms with Crippen LogP contribution >= 0.6 is 12.4 Å². The standard InChI is InChI=1S/C33H36N4O3.C27H26N4O3.C6H10O.ClH/c1-33(14-3-15-33)21-35-16-18-36(19-17-35)24-9-6-22(7-10-24)20-23-8-11-27-30-25(23)4-2-5-26(30)32(40)37(27)28-12-13-29(38)34-31(28)39;32-24-11-10-23(26(33)29-24)31-22-9-6-18(20-2-1-3-21(25(20)22)27(31)34)16-17-4-7-19(8-5-17)30-14-12-28-13-15-30;1-6(5-7)3-2-4-6;/h2,4-11,28H,3,12-21H2,1H3,(H,34,38,39);1-9,23,28H,10-16H2,(H,29,32,33);5H,2-4H2,1H3;1H. The Balaban J connectivity index is 0.000000153. The van der Waals surface area contributed by atoms with Gasteiger partial charge in [-0.05, 0) is 138 Å². The minimum absolute atomic E-state index is 0. The molecule has 8 aliphatic rings. The number of aldehydes is 1. The van der Waals surface area contributed by atoms with Gasteiger partial charge in [0.2, 0.25) is 23.6 Å². The van der Waals surface area contributed by atoms with Gasteiger partial charge in [-0.3, -0.25) is 54.1 Å². The number of carbonyl (C=O) groups excluding carboxylic acids is 7. The van der Waals surface area contributed by atoms with Crippen LogP contribution in [0.25, 0.3) is 21.5 Å². The average Bonchev–Trinajstić information content (AvgIpc) is 4.17. The number of imide groups is 2. The molecule has 6 aliphatic heterocycles. The van der Waals surface area contributed by atoms with E-state index in [-0.39, 0.29) is 54.3 Å². The van der Waals surface area contributed by atoms with Crippen LogP contribution in [-0.2, 0) is 36.8 Å². The minimum atomic E-state index is -0.664. The summed E-state index contributed by atoms with van der Waals surface area (Å²) in [5.41, 5.74) is 10.7. The zero-order valence-electron chi connectivity index (χ0n) is 47.0. The van der Waals surface area contributed by atoms with Crippen molar-refractivity contribution in [3.8, 4) is 0 Å². The molecule has 15 nitrogen and oxygen atoms in total. The lowest BCUT2D eigenvalue weighted by Gasteiger charge is -2.45. The van der Waals surface area contributed by atoms with Crippen LogP contribution in [0.2, 0.25) is 0 Å². The van der Waals surface area contributed by atoms with E-state index in [9.17, 15) is 33.6 Å². The smallest absolute Gasteiger partial charge is 0.259 e. The second-order valence-electron chi connectivity index (χ2n) is 24.2. The van der Waals surface area contributed by atoms with Crippen LogP contribution in [-0.4, -0.2) is 118 Å². The Kier molecular flexibility index (Phi) is 16.1. The fourth-order valence-corrected chi connectivity index (χ4v) is 13.4. The Morgan fingerprint density at radius 1 is 0.537 bits per heavy atom. The van der Waals surface area contributed by atoms with Gasteiger partial charge >= 0.3 is 0 Å². The Hall–Kier alpha value is -7.46. The summed E-state index contributed by atoms with van der Waals surface area (Å²) in [6.07, 6.45) is 11.4. The normalized spacial score (nSPS) is 21.6. The van der Waals surface area contributed by atoms with E-state index in [1.54, 1.807) is 9.80 Å². The zero-order chi connectivity index (χ0) is 56.0. The number of hydrogen-bond acceptors (Lipinski definition) is 11. The lowest BCUT2D eigenvalue weighted by molar-refractivity contribution is -0.135. The second kappa shape index (κ2) is 23.4. The molecule has 3 N–H and O–H groups in total. The SMILES string of the molecule is CC1(C=O)CCC1.CC1(CN2CCN(c3ccc(Cc4ccc5c6c(cccc46)C(=O)N5C4CCC(=O)NC4=O)cc3)CC2)CCC1.Cl.O=C1CCC(N2C(=O)c3cccc4c(Cc5ccc(N6CCNCC6)cc5)ccc2c34)C(=O)N1. The van der Waals surface area contributed by atoms with Crippen molar-refractivity contribution in [1.82, 2.24) is 20.9 Å². The van der Waals surface area contributed by atoms with Gasteiger partial charge in [0, 0.05) is 110 Å². The fraction of sp³-hybridized carbons (Fsp3) is 0.409. The fourth-order valence-electron chi connectivity index (χ4n) is 13.4. The van der Waals surface area contributed by atoms with E-state index < -0.39 is 23.9 Å². The maximum absolute atomic E-state index is 13.4. The molecule has 6 fully saturated rings. The lowest BCUT2D eigenvalue weighted by Crippen LogP contribution is -2.53. The molecule has 16 heteroatoms. The highest BCUT2D eigenvalue weighted by atomic mass is 35.5. The number of halogens is 1. The number of amides is 6. The molecule has 2 unspecified atom stereocenters. The molecule has 426 valence electrons. The van der Waals surface area contributed by atoms with Crippen molar-refractivity contribution in [3.05, 3.63) is 143 Å². The van der Waals surface area contributed by atoms with E-state index in [2.05, 4.69) is 104 Å². The highest BCUT2D eigenvalue weighted by Gasteiger charge is 2.43. The summed E-state index contributed by atoms with van der Waals surface area (Å²) in [6, 6.07) is 36.0. The van der Waals surface area contributed by atoms with Crippen molar-refractivity contribution >= 4 is 98.4 Å². The molecule has 6 aromatic carbocycles. The summed E-state index contributed by atoms with van der Waals surface area (Å²) in [5.74, 6) is -1.71. The zero-order valence-corrected chi connectivity index (χ0v) is 47.8. The first kappa shape index (κ1) is 56.4. The number of hydrogen-bond donors (Lipinski definition) is 3. The molecule has 0 aromatic heterocycles. The molecular formula is C66H73ClN8O7. The van der Waals surface area contributed by atoms with Gasteiger partial charge in [0.25, 0.3) is 11.8 Å². The second-order valence-corrected chi connectivity index (χ2v) is 24.2. The number of nitrogens with one attached hydrogen (secondary N) is 3. The van der Waals surface area contributed by atoms with Crippen LogP contribution in [0.4, 0.5) is 22.7 Å². The molecule has 6 amide bonds.